The first-order valence-corrected chi connectivity index (χ1v) is 9.22. The van der Waals surface area contributed by atoms with Crippen molar-refractivity contribution < 1.29 is 9.53 Å². The number of rotatable bonds is 5. The Morgan fingerprint density at radius 2 is 2.17 bits per heavy atom. The standard InChI is InChI=1S/C16H26N4O2S.ClH/c1-3-22-14(21)13-10-18-15(23-13)20-8-6-19(7-9-20)12-16(2)4-5-17-11-16;/h10,17H,3-9,11-12H2,1-2H3;1H. The van der Waals surface area contributed by atoms with E-state index in [4.69, 9.17) is 4.74 Å². The number of carbonyl (C=O) groups excluding carboxylic acids is 1. The largest absolute Gasteiger partial charge is 0.462 e. The normalized spacial score (nSPS) is 24.7. The van der Waals surface area contributed by atoms with Crippen LogP contribution in [0.15, 0.2) is 6.20 Å². The third-order valence-corrected chi connectivity index (χ3v) is 5.71. The Labute approximate surface area is 154 Å². The number of thiazole rings is 1. The molecule has 2 aliphatic rings. The predicted molar refractivity (Wildman–Crippen MR) is 99.6 cm³/mol. The molecule has 1 N–H and O–H groups in total. The maximum atomic E-state index is 11.7. The lowest BCUT2D eigenvalue weighted by Gasteiger charge is -2.38. The van der Waals surface area contributed by atoms with Gasteiger partial charge in [-0.1, -0.05) is 18.3 Å². The first-order chi connectivity index (χ1) is 11.1. The van der Waals surface area contributed by atoms with Gasteiger partial charge in [-0.15, -0.1) is 12.4 Å². The number of hydrogen-bond donors (Lipinski definition) is 1. The number of piperazine rings is 1. The molecule has 1 aromatic heterocycles. The zero-order chi connectivity index (χ0) is 16.3. The number of ether oxygens (including phenoxy) is 1. The van der Waals surface area contributed by atoms with Crippen LogP contribution in [-0.4, -0.2) is 68.3 Å². The van der Waals surface area contributed by atoms with E-state index in [1.54, 1.807) is 6.20 Å². The van der Waals surface area contributed by atoms with Crippen molar-refractivity contribution >= 4 is 34.8 Å². The van der Waals surface area contributed by atoms with E-state index in [-0.39, 0.29) is 18.4 Å². The minimum atomic E-state index is -0.267. The van der Waals surface area contributed by atoms with Crippen LogP contribution in [0.3, 0.4) is 0 Å². The molecule has 0 radical (unpaired) electrons. The monoisotopic (exact) mass is 374 g/mol. The average molecular weight is 375 g/mol. The lowest BCUT2D eigenvalue weighted by Crippen LogP contribution is -2.49. The van der Waals surface area contributed by atoms with E-state index >= 15 is 0 Å². The van der Waals surface area contributed by atoms with Gasteiger partial charge in [0.25, 0.3) is 0 Å². The SMILES string of the molecule is CCOC(=O)c1cnc(N2CCN(CC3(C)CCNC3)CC2)s1.Cl. The van der Waals surface area contributed by atoms with Gasteiger partial charge in [-0.2, -0.15) is 0 Å². The molecule has 1 aromatic rings. The van der Waals surface area contributed by atoms with Gasteiger partial charge in [-0.3, -0.25) is 4.90 Å². The van der Waals surface area contributed by atoms with Crippen LogP contribution >= 0.6 is 23.7 Å². The van der Waals surface area contributed by atoms with E-state index in [1.807, 2.05) is 6.92 Å². The highest BCUT2D eigenvalue weighted by Crippen LogP contribution is 2.28. The van der Waals surface area contributed by atoms with Gasteiger partial charge in [0.05, 0.1) is 12.8 Å². The van der Waals surface area contributed by atoms with Crippen LogP contribution in [0.4, 0.5) is 5.13 Å². The average Bonchev–Trinajstić information content (AvgIpc) is 3.18. The van der Waals surface area contributed by atoms with Gasteiger partial charge >= 0.3 is 5.97 Å². The van der Waals surface area contributed by atoms with Gasteiger partial charge in [-0.05, 0) is 25.3 Å². The first-order valence-electron chi connectivity index (χ1n) is 8.41. The summed E-state index contributed by atoms with van der Waals surface area (Å²) >= 11 is 1.43. The van der Waals surface area contributed by atoms with Crippen LogP contribution in [0, 0.1) is 5.41 Å². The molecular weight excluding hydrogens is 348 g/mol. The summed E-state index contributed by atoms with van der Waals surface area (Å²) in [6, 6.07) is 0. The smallest absolute Gasteiger partial charge is 0.350 e. The summed E-state index contributed by atoms with van der Waals surface area (Å²) in [4.78, 5) is 21.6. The molecule has 0 aromatic carbocycles. The van der Waals surface area contributed by atoms with Crippen LogP contribution in [0.2, 0.25) is 0 Å². The first kappa shape index (κ1) is 19.4. The molecule has 0 amide bonds. The molecule has 3 rings (SSSR count). The second-order valence-corrected chi connectivity index (χ2v) is 7.74. The lowest BCUT2D eigenvalue weighted by atomic mass is 9.89. The number of aromatic nitrogens is 1. The van der Waals surface area contributed by atoms with Crippen molar-refractivity contribution in [3.05, 3.63) is 11.1 Å². The molecule has 2 saturated heterocycles. The highest BCUT2D eigenvalue weighted by atomic mass is 35.5. The predicted octanol–water partition coefficient (Wildman–Crippen LogP) is 1.86. The van der Waals surface area contributed by atoms with Crippen molar-refractivity contribution in [3.63, 3.8) is 0 Å². The van der Waals surface area contributed by atoms with Gasteiger partial charge < -0.3 is 15.0 Å². The van der Waals surface area contributed by atoms with Crippen molar-refractivity contribution in [2.24, 2.45) is 5.41 Å². The summed E-state index contributed by atoms with van der Waals surface area (Å²) < 4.78 is 5.03. The van der Waals surface area contributed by atoms with Crippen molar-refractivity contribution in [2.75, 3.05) is 57.3 Å². The van der Waals surface area contributed by atoms with Crippen molar-refractivity contribution in [3.8, 4) is 0 Å². The Bertz CT molecular complexity index is 540. The van der Waals surface area contributed by atoms with Crippen molar-refractivity contribution in [1.29, 1.82) is 0 Å². The summed E-state index contributed by atoms with van der Waals surface area (Å²) in [6.07, 6.45) is 2.90. The van der Waals surface area contributed by atoms with Gasteiger partial charge in [0.15, 0.2) is 5.13 Å². The molecule has 2 fully saturated rings. The summed E-state index contributed by atoms with van der Waals surface area (Å²) in [6.45, 7) is 12.1. The zero-order valence-electron chi connectivity index (χ0n) is 14.4. The molecule has 0 aliphatic carbocycles. The Morgan fingerprint density at radius 1 is 1.42 bits per heavy atom. The van der Waals surface area contributed by atoms with E-state index < -0.39 is 0 Å². The number of carbonyl (C=O) groups is 1. The molecule has 1 unspecified atom stereocenters. The molecule has 0 saturated carbocycles. The summed E-state index contributed by atoms with van der Waals surface area (Å²) in [5, 5.41) is 4.40. The van der Waals surface area contributed by atoms with Gasteiger partial charge in [0.1, 0.15) is 4.88 Å². The van der Waals surface area contributed by atoms with Crippen LogP contribution in [0.1, 0.15) is 29.9 Å². The summed E-state index contributed by atoms with van der Waals surface area (Å²) in [7, 11) is 0. The third kappa shape index (κ3) is 4.59. The van der Waals surface area contributed by atoms with Gasteiger partial charge in [0.2, 0.25) is 0 Å². The molecule has 24 heavy (non-hydrogen) atoms. The van der Waals surface area contributed by atoms with E-state index in [0.29, 0.717) is 16.9 Å². The number of nitrogens with zero attached hydrogens (tertiary/aromatic N) is 3. The minimum absolute atomic E-state index is 0. The zero-order valence-corrected chi connectivity index (χ0v) is 16.0. The molecule has 136 valence electrons. The Kier molecular flexibility index (Phi) is 6.86. The highest BCUT2D eigenvalue weighted by Gasteiger charge is 2.32. The van der Waals surface area contributed by atoms with Crippen molar-refractivity contribution in [2.45, 2.75) is 20.3 Å². The number of esters is 1. The van der Waals surface area contributed by atoms with Crippen LogP contribution in [0.25, 0.3) is 0 Å². The van der Waals surface area contributed by atoms with Crippen LogP contribution < -0.4 is 10.2 Å². The molecule has 3 heterocycles. The van der Waals surface area contributed by atoms with E-state index in [0.717, 1.165) is 44.4 Å². The van der Waals surface area contributed by atoms with Crippen LogP contribution in [-0.2, 0) is 4.74 Å². The molecule has 2 aliphatic heterocycles. The third-order valence-electron chi connectivity index (χ3n) is 4.68. The Balaban J connectivity index is 0.00000208. The number of hydrogen-bond acceptors (Lipinski definition) is 7. The molecule has 0 bridgehead atoms. The Morgan fingerprint density at radius 3 is 2.79 bits per heavy atom. The molecule has 1 atom stereocenters. The highest BCUT2D eigenvalue weighted by molar-refractivity contribution is 7.17. The molecular formula is C16H27ClN4O2S. The minimum Gasteiger partial charge on any atom is -0.462 e. The fourth-order valence-corrected chi connectivity index (χ4v) is 4.21. The van der Waals surface area contributed by atoms with Crippen LogP contribution in [0.5, 0.6) is 0 Å². The van der Waals surface area contributed by atoms with Crippen molar-refractivity contribution in [1.82, 2.24) is 15.2 Å². The maximum Gasteiger partial charge on any atom is 0.350 e. The molecule has 6 nitrogen and oxygen atoms in total. The van der Waals surface area contributed by atoms with E-state index in [2.05, 4.69) is 27.0 Å². The van der Waals surface area contributed by atoms with Gasteiger partial charge in [-0.25, -0.2) is 9.78 Å². The molecule has 8 heteroatoms. The van der Waals surface area contributed by atoms with E-state index in [1.165, 1.54) is 24.3 Å². The fourth-order valence-electron chi connectivity index (χ4n) is 3.35. The fraction of sp³-hybridized carbons (Fsp3) is 0.750. The number of nitrogens with one attached hydrogen (secondary N) is 1. The number of anilines is 1. The quantitative estimate of drug-likeness (QED) is 0.794. The topological polar surface area (TPSA) is 57.7 Å². The summed E-state index contributed by atoms with van der Waals surface area (Å²) in [5.74, 6) is -0.267. The maximum absolute atomic E-state index is 11.7. The molecule has 0 spiro atoms. The summed E-state index contributed by atoms with van der Waals surface area (Å²) in [5.41, 5.74) is 0.417. The second-order valence-electron chi connectivity index (χ2n) is 6.73. The van der Waals surface area contributed by atoms with Gasteiger partial charge in [0, 0.05) is 39.3 Å². The Hall–Kier alpha value is -0.890. The van der Waals surface area contributed by atoms with E-state index in [9.17, 15) is 4.79 Å². The second kappa shape index (κ2) is 8.47. The lowest BCUT2D eigenvalue weighted by molar-refractivity contribution is 0.0532. The number of halogens is 1.